The number of alkyl halides is 3. The lowest BCUT2D eigenvalue weighted by atomic mass is 10.1. The number of hydrogen-bond acceptors (Lipinski definition) is 3. The highest BCUT2D eigenvalue weighted by Gasteiger charge is 2.28. The average molecular weight is 366 g/mol. The summed E-state index contributed by atoms with van der Waals surface area (Å²) >= 11 is 0. The van der Waals surface area contributed by atoms with E-state index in [2.05, 4.69) is 37.5 Å². The molecule has 2 rings (SSSR count). The SMILES string of the molecule is CN=C(NCCc1ccccc1)NCc1ccnc(OCC(F)(F)F)c1. The molecule has 0 radical (unpaired) electrons. The molecule has 1 aromatic heterocycles. The Morgan fingerprint density at radius 1 is 1.12 bits per heavy atom. The number of hydrogen-bond donors (Lipinski definition) is 2. The van der Waals surface area contributed by atoms with Gasteiger partial charge in [0.05, 0.1) is 0 Å². The topological polar surface area (TPSA) is 58.5 Å². The maximum Gasteiger partial charge on any atom is 0.422 e. The molecule has 0 aliphatic rings. The first kappa shape index (κ1) is 19.6. The van der Waals surface area contributed by atoms with E-state index >= 15 is 0 Å². The standard InChI is InChI=1S/C18H21F3N4O/c1-22-17(24-10-7-14-5-3-2-4-6-14)25-12-15-8-9-23-16(11-15)26-13-18(19,20)21/h2-6,8-9,11H,7,10,12-13H2,1H3,(H2,22,24,25). The van der Waals surface area contributed by atoms with Crippen LogP contribution in [0.2, 0.25) is 0 Å². The van der Waals surface area contributed by atoms with E-state index in [4.69, 9.17) is 0 Å². The minimum atomic E-state index is -4.39. The highest BCUT2D eigenvalue weighted by atomic mass is 19.4. The lowest BCUT2D eigenvalue weighted by Gasteiger charge is -2.13. The predicted octanol–water partition coefficient (Wildman–Crippen LogP) is 2.93. The Balaban J connectivity index is 1.78. The van der Waals surface area contributed by atoms with Crippen LogP contribution in [-0.4, -0.2) is 37.3 Å². The van der Waals surface area contributed by atoms with Gasteiger partial charge in [0.1, 0.15) is 0 Å². The molecule has 0 unspecified atom stereocenters. The fraction of sp³-hybridized carbons (Fsp3) is 0.333. The molecule has 0 amide bonds. The van der Waals surface area contributed by atoms with E-state index in [9.17, 15) is 13.2 Å². The van der Waals surface area contributed by atoms with Crippen molar-refractivity contribution in [3.05, 3.63) is 59.8 Å². The zero-order valence-corrected chi connectivity index (χ0v) is 14.4. The zero-order chi connectivity index (χ0) is 18.8. The number of benzene rings is 1. The Kier molecular flexibility index (Phi) is 7.25. The van der Waals surface area contributed by atoms with Gasteiger partial charge >= 0.3 is 6.18 Å². The summed E-state index contributed by atoms with van der Waals surface area (Å²) in [7, 11) is 1.66. The fourth-order valence-electron chi connectivity index (χ4n) is 2.17. The van der Waals surface area contributed by atoms with Gasteiger partial charge in [-0.05, 0) is 23.6 Å². The van der Waals surface area contributed by atoms with Crippen LogP contribution in [0.5, 0.6) is 5.88 Å². The third-order valence-corrected chi connectivity index (χ3v) is 3.42. The number of pyridine rings is 1. The molecule has 1 aromatic carbocycles. The van der Waals surface area contributed by atoms with Crippen molar-refractivity contribution in [3.63, 3.8) is 0 Å². The van der Waals surface area contributed by atoms with Crippen LogP contribution in [0.3, 0.4) is 0 Å². The van der Waals surface area contributed by atoms with Crippen molar-refractivity contribution >= 4 is 5.96 Å². The summed E-state index contributed by atoms with van der Waals surface area (Å²) in [5.74, 6) is 0.546. The molecule has 0 saturated carbocycles. The number of nitrogens with one attached hydrogen (secondary N) is 2. The van der Waals surface area contributed by atoms with Gasteiger partial charge in [-0.15, -0.1) is 0 Å². The number of halogens is 3. The van der Waals surface area contributed by atoms with Gasteiger partial charge in [-0.3, -0.25) is 4.99 Å². The summed E-state index contributed by atoms with van der Waals surface area (Å²) in [6.07, 6.45) is -2.12. The molecule has 0 aliphatic heterocycles. The molecule has 1 heterocycles. The molecule has 0 aliphatic carbocycles. The second-order valence-corrected chi connectivity index (χ2v) is 5.49. The summed E-state index contributed by atoms with van der Waals surface area (Å²) in [5, 5.41) is 6.30. The molecule has 26 heavy (non-hydrogen) atoms. The molecule has 0 saturated heterocycles. The Morgan fingerprint density at radius 2 is 1.88 bits per heavy atom. The van der Waals surface area contributed by atoms with Crippen molar-refractivity contribution in [1.82, 2.24) is 15.6 Å². The Hall–Kier alpha value is -2.77. The van der Waals surface area contributed by atoms with Crippen LogP contribution < -0.4 is 15.4 Å². The minimum absolute atomic E-state index is 0.0614. The maximum absolute atomic E-state index is 12.2. The normalized spacial score (nSPS) is 11.9. The zero-order valence-electron chi connectivity index (χ0n) is 14.4. The molecular formula is C18H21F3N4O. The summed E-state index contributed by atoms with van der Waals surface area (Å²) in [6.45, 7) is -0.268. The maximum atomic E-state index is 12.2. The molecule has 5 nitrogen and oxygen atoms in total. The van der Waals surface area contributed by atoms with Gasteiger partial charge in [0.15, 0.2) is 12.6 Å². The molecular weight excluding hydrogens is 345 g/mol. The first-order valence-corrected chi connectivity index (χ1v) is 8.09. The van der Waals surface area contributed by atoms with Crippen LogP contribution in [0.1, 0.15) is 11.1 Å². The van der Waals surface area contributed by atoms with Gasteiger partial charge in [-0.2, -0.15) is 13.2 Å². The monoisotopic (exact) mass is 366 g/mol. The van der Waals surface area contributed by atoms with Crippen LogP contribution in [0.4, 0.5) is 13.2 Å². The van der Waals surface area contributed by atoms with Crippen LogP contribution >= 0.6 is 0 Å². The molecule has 0 fully saturated rings. The van der Waals surface area contributed by atoms with Crippen LogP contribution in [0.15, 0.2) is 53.7 Å². The highest BCUT2D eigenvalue weighted by molar-refractivity contribution is 5.79. The number of aromatic nitrogens is 1. The summed E-state index contributed by atoms with van der Waals surface area (Å²) in [4.78, 5) is 7.90. The van der Waals surface area contributed by atoms with E-state index in [0.717, 1.165) is 12.0 Å². The van der Waals surface area contributed by atoms with Gasteiger partial charge in [-0.25, -0.2) is 4.98 Å². The lowest BCUT2D eigenvalue weighted by molar-refractivity contribution is -0.154. The van der Waals surface area contributed by atoms with Crippen molar-refractivity contribution in [2.45, 2.75) is 19.1 Å². The highest BCUT2D eigenvalue weighted by Crippen LogP contribution is 2.17. The quantitative estimate of drug-likeness (QED) is 0.584. The molecule has 2 aromatic rings. The molecule has 0 bridgehead atoms. The number of nitrogens with zero attached hydrogens (tertiary/aromatic N) is 2. The van der Waals surface area contributed by atoms with Crippen molar-refractivity contribution in [2.75, 3.05) is 20.2 Å². The van der Waals surface area contributed by atoms with E-state index in [-0.39, 0.29) is 5.88 Å². The van der Waals surface area contributed by atoms with E-state index in [1.807, 2.05) is 18.2 Å². The smallest absolute Gasteiger partial charge is 0.422 e. The summed E-state index contributed by atoms with van der Waals surface area (Å²) < 4.78 is 41.2. The van der Waals surface area contributed by atoms with Crippen molar-refractivity contribution in [1.29, 1.82) is 0 Å². The van der Waals surface area contributed by atoms with E-state index < -0.39 is 12.8 Å². The van der Waals surface area contributed by atoms with Crippen molar-refractivity contribution in [3.8, 4) is 5.88 Å². The molecule has 140 valence electrons. The second-order valence-electron chi connectivity index (χ2n) is 5.49. The Morgan fingerprint density at radius 3 is 2.58 bits per heavy atom. The summed E-state index contributed by atoms with van der Waals surface area (Å²) in [6, 6.07) is 13.2. The number of rotatable bonds is 7. The number of guanidine groups is 1. The van der Waals surface area contributed by atoms with Crippen molar-refractivity contribution < 1.29 is 17.9 Å². The number of ether oxygens (including phenoxy) is 1. The van der Waals surface area contributed by atoms with E-state index in [1.54, 1.807) is 13.1 Å². The molecule has 0 atom stereocenters. The van der Waals surface area contributed by atoms with Crippen LogP contribution in [0.25, 0.3) is 0 Å². The summed E-state index contributed by atoms with van der Waals surface area (Å²) in [5.41, 5.74) is 1.96. The third-order valence-electron chi connectivity index (χ3n) is 3.42. The van der Waals surface area contributed by atoms with E-state index in [0.29, 0.717) is 19.0 Å². The predicted molar refractivity (Wildman–Crippen MR) is 94.1 cm³/mol. The third kappa shape index (κ3) is 7.42. The van der Waals surface area contributed by atoms with Gasteiger partial charge < -0.3 is 15.4 Å². The van der Waals surface area contributed by atoms with Crippen molar-refractivity contribution in [2.24, 2.45) is 4.99 Å². The molecule has 8 heteroatoms. The molecule has 2 N–H and O–H groups in total. The Bertz CT molecular complexity index is 705. The average Bonchev–Trinajstić information content (AvgIpc) is 2.63. The van der Waals surface area contributed by atoms with Gasteiger partial charge in [0, 0.05) is 32.4 Å². The van der Waals surface area contributed by atoms with E-state index in [1.165, 1.54) is 17.8 Å². The van der Waals surface area contributed by atoms with Gasteiger partial charge in [0.25, 0.3) is 0 Å². The first-order valence-electron chi connectivity index (χ1n) is 8.09. The largest absolute Gasteiger partial charge is 0.468 e. The second kappa shape index (κ2) is 9.65. The molecule has 0 spiro atoms. The van der Waals surface area contributed by atoms with Gasteiger partial charge in [0.2, 0.25) is 5.88 Å². The fourth-order valence-corrected chi connectivity index (χ4v) is 2.17. The van der Waals surface area contributed by atoms with Crippen LogP contribution in [0, 0.1) is 0 Å². The lowest BCUT2D eigenvalue weighted by Crippen LogP contribution is -2.37. The first-order chi connectivity index (χ1) is 12.5. The Labute approximate surface area is 150 Å². The van der Waals surface area contributed by atoms with Gasteiger partial charge in [-0.1, -0.05) is 30.3 Å². The minimum Gasteiger partial charge on any atom is -0.468 e. The number of aliphatic imine (C=N–C) groups is 1. The van der Waals surface area contributed by atoms with Crippen LogP contribution in [-0.2, 0) is 13.0 Å².